The zero-order chi connectivity index (χ0) is 19.5. The quantitative estimate of drug-likeness (QED) is 0.768. The van der Waals surface area contributed by atoms with Crippen molar-refractivity contribution in [2.24, 2.45) is 0 Å². The lowest BCUT2D eigenvalue weighted by atomic mass is 10.3. The molecule has 1 unspecified atom stereocenters. The first-order valence-electron chi connectivity index (χ1n) is 7.69. The van der Waals surface area contributed by atoms with Crippen LogP contribution in [0, 0.1) is 6.92 Å². The molecule has 2 aromatic rings. The molecule has 0 radical (unpaired) electrons. The Kier molecular flexibility index (Phi) is 6.11. The summed E-state index contributed by atoms with van der Waals surface area (Å²) in [5.74, 6) is -0.777. The Hall–Kier alpha value is -2.30. The molecule has 0 aliphatic heterocycles. The molecule has 10 heteroatoms. The lowest BCUT2D eigenvalue weighted by Gasteiger charge is -2.13. The first-order chi connectivity index (χ1) is 12.1. The molecular weight excluding hydrogens is 376 g/mol. The van der Waals surface area contributed by atoms with Crippen LogP contribution < -0.4 is 10.0 Å². The number of aryl methyl sites for hydroxylation is 1. The maximum absolute atomic E-state index is 12.3. The van der Waals surface area contributed by atoms with E-state index >= 15 is 0 Å². The van der Waals surface area contributed by atoms with Crippen molar-refractivity contribution in [1.29, 1.82) is 0 Å². The van der Waals surface area contributed by atoms with Gasteiger partial charge in [0.2, 0.25) is 15.9 Å². The Morgan fingerprint density at radius 3 is 2.38 bits per heavy atom. The molecule has 1 heterocycles. The molecule has 0 saturated heterocycles. The van der Waals surface area contributed by atoms with Crippen LogP contribution in [0.15, 0.2) is 35.2 Å². The Morgan fingerprint density at radius 1 is 1.19 bits per heavy atom. The second-order valence-corrected chi connectivity index (χ2v) is 8.49. The predicted molar refractivity (Wildman–Crippen MR) is 99.7 cm³/mol. The van der Waals surface area contributed by atoms with Gasteiger partial charge in [0.25, 0.3) is 5.91 Å². The monoisotopic (exact) mass is 396 g/mol. The lowest BCUT2D eigenvalue weighted by Crippen LogP contribution is -2.41. The number of anilines is 1. The van der Waals surface area contributed by atoms with E-state index in [1.165, 1.54) is 24.0 Å². The Balaban J connectivity index is 2.08. The zero-order valence-corrected chi connectivity index (χ0v) is 16.4. The Labute approximate surface area is 156 Å². The molecule has 2 amide bonds. The minimum Gasteiger partial charge on any atom is -0.344 e. The van der Waals surface area contributed by atoms with E-state index in [0.717, 1.165) is 11.3 Å². The number of amides is 2. The normalized spacial score (nSPS) is 12.5. The molecule has 2 rings (SSSR count). The molecule has 1 aromatic carbocycles. The van der Waals surface area contributed by atoms with Crippen molar-refractivity contribution in [3.8, 4) is 0 Å². The zero-order valence-electron chi connectivity index (χ0n) is 14.8. The second-order valence-electron chi connectivity index (χ2n) is 5.78. The maximum atomic E-state index is 12.3. The number of carbonyl (C=O) groups is 2. The number of nitrogens with one attached hydrogen (secondary N) is 2. The van der Waals surface area contributed by atoms with Gasteiger partial charge < -0.3 is 10.2 Å². The van der Waals surface area contributed by atoms with Crippen LogP contribution in [0.4, 0.5) is 5.13 Å². The van der Waals surface area contributed by atoms with Gasteiger partial charge in [0.1, 0.15) is 4.88 Å². The van der Waals surface area contributed by atoms with Gasteiger partial charge in [0.05, 0.1) is 16.6 Å². The van der Waals surface area contributed by atoms with E-state index in [1.54, 1.807) is 39.2 Å². The molecule has 26 heavy (non-hydrogen) atoms. The fraction of sp³-hybridized carbons (Fsp3) is 0.312. The fourth-order valence-corrected chi connectivity index (χ4v) is 4.23. The topological polar surface area (TPSA) is 108 Å². The highest BCUT2D eigenvalue weighted by atomic mass is 32.2. The summed E-state index contributed by atoms with van der Waals surface area (Å²) in [6.45, 7) is 3.10. The number of hydrogen-bond donors (Lipinski definition) is 2. The number of nitrogens with zero attached hydrogens (tertiary/aromatic N) is 2. The van der Waals surface area contributed by atoms with E-state index in [1.807, 2.05) is 0 Å². The molecule has 8 nitrogen and oxygen atoms in total. The summed E-state index contributed by atoms with van der Waals surface area (Å²) in [6, 6.07) is 6.76. The van der Waals surface area contributed by atoms with Crippen LogP contribution in [0.1, 0.15) is 22.3 Å². The summed E-state index contributed by atoms with van der Waals surface area (Å²) in [4.78, 5) is 30.4. The fourth-order valence-electron chi connectivity index (χ4n) is 2.02. The molecule has 2 N–H and O–H groups in total. The number of sulfonamides is 1. The van der Waals surface area contributed by atoms with Crippen LogP contribution in [0.5, 0.6) is 0 Å². The third kappa shape index (κ3) is 4.65. The van der Waals surface area contributed by atoms with E-state index < -0.39 is 22.0 Å². The van der Waals surface area contributed by atoms with Crippen LogP contribution >= 0.6 is 11.3 Å². The highest BCUT2D eigenvalue weighted by molar-refractivity contribution is 7.89. The Bertz CT molecular complexity index is 908. The Morgan fingerprint density at radius 2 is 1.81 bits per heavy atom. The van der Waals surface area contributed by atoms with Crippen molar-refractivity contribution >= 4 is 38.3 Å². The molecule has 0 bridgehead atoms. The van der Waals surface area contributed by atoms with Crippen molar-refractivity contribution in [3.05, 3.63) is 40.9 Å². The van der Waals surface area contributed by atoms with Gasteiger partial charge in [-0.05, 0) is 26.0 Å². The van der Waals surface area contributed by atoms with E-state index in [4.69, 9.17) is 0 Å². The minimum atomic E-state index is -3.81. The summed E-state index contributed by atoms with van der Waals surface area (Å²) >= 11 is 1.04. The second kappa shape index (κ2) is 7.94. The van der Waals surface area contributed by atoms with Gasteiger partial charge in [0.15, 0.2) is 5.13 Å². The summed E-state index contributed by atoms with van der Waals surface area (Å²) in [7, 11) is -0.563. The smallest absolute Gasteiger partial charge is 0.265 e. The summed E-state index contributed by atoms with van der Waals surface area (Å²) in [6.07, 6.45) is 0. The lowest BCUT2D eigenvalue weighted by molar-refractivity contribution is -0.117. The maximum Gasteiger partial charge on any atom is 0.265 e. The molecular formula is C16H20N4O4S2. The highest BCUT2D eigenvalue weighted by Crippen LogP contribution is 2.23. The van der Waals surface area contributed by atoms with Crippen molar-refractivity contribution in [3.63, 3.8) is 0 Å². The van der Waals surface area contributed by atoms with Gasteiger partial charge >= 0.3 is 0 Å². The number of rotatable bonds is 6. The molecule has 1 aromatic heterocycles. The molecule has 0 spiro atoms. The molecule has 0 aliphatic rings. The molecule has 0 saturated carbocycles. The SMILES string of the molecule is Cc1nc(NC(=O)C(C)NS(=O)(=O)c2ccccc2)sc1C(=O)N(C)C. The number of carbonyl (C=O) groups excluding carboxylic acids is 2. The molecule has 140 valence electrons. The van der Waals surface area contributed by atoms with Crippen LogP contribution in [0.2, 0.25) is 0 Å². The van der Waals surface area contributed by atoms with E-state index in [0.29, 0.717) is 10.6 Å². The number of thiazole rings is 1. The van der Waals surface area contributed by atoms with E-state index in [2.05, 4.69) is 15.0 Å². The van der Waals surface area contributed by atoms with Crippen LogP contribution in [0.3, 0.4) is 0 Å². The molecule has 0 aliphatic carbocycles. The summed E-state index contributed by atoms with van der Waals surface area (Å²) in [5, 5.41) is 2.78. The van der Waals surface area contributed by atoms with Crippen LogP contribution in [-0.4, -0.2) is 50.3 Å². The van der Waals surface area contributed by atoms with Gasteiger partial charge in [0, 0.05) is 14.1 Å². The summed E-state index contributed by atoms with van der Waals surface area (Å²) in [5.41, 5.74) is 0.501. The van der Waals surface area contributed by atoms with Crippen molar-refractivity contribution in [1.82, 2.24) is 14.6 Å². The third-order valence-corrected chi connectivity index (χ3v) is 6.02. The first-order valence-corrected chi connectivity index (χ1v) is 9.99. The standard InChI is InChI=1S/C16H20N4O4S2/c1-10-13(15(22)20(3)4)25-16(17-10)18-14(21)11(2)19-26(23,24)12-8-6-5-7-9-12/h5-9,11,19H,1-4H3,(H,17,18,21). The average Bonchev–Trinajstić information content (AvgIpc) is 2.94. The number of aromatic nitrogens is 1. The highest BCUT2D eigenvalue weighted by Gasteiger charge is 2.24. The number of hydrogen-bond acceptors (Lipinski definition) is 6. The van der Waals surface area contributed by atoms with Crippen LogP contribution in [0.25, 0.3) is 0 Å². The summed E-state index contributed by atoms with van der Waals surface area (Å²) < 4.78 is 26.9. The predicted octanol–water partition coefficient (Wildman–Crippen LogP) is 1.46. The van der Waals surface area contributed by atoms with Crippen molar-refractivity contribution in [2.75, 3.05) is 19.4 Å². The van der Waals surface area contributed by atoms with Crippen molar-refractivity contribution < 1.29 is 18.0 Å². The van der Waals surface area contributed by atoms with E-state index in [9.17, 15) is 18.0 Å². The third-order valence-electron chi connectivity index (χ3n) is 3.41. The minimum absolute atomic E-state index is 0.0728. The van der Waals surface area contributed by atoms with E-state index in [-0.39, 0.29) is 15.9 Å². The van der Waals surface area contributed by atoms with Crippen molar-refractivity contribution in [2.45, 2.75) is 24.8 Å². The average molecular weight is 396 g/mol. The molecule has 0 fully saturated rings. The van der Waals surface area contributed by atoms with Gasteiger partial charge in [-0.15, -0.1) is 0 Å². The van der Waals surface area contributed by atoms with Gasteiger partial charge in [-0.25, -0.2) is 13.4 Å². The van der Waals surface area contributed by atoms with Gasteiger partial charge in [-0.2, -0.15) is 4.72 Å². The van der Waals surface area contributed by atoms with Gasteiger partial charge in [-0.3, -0.25) is 9.59 Å². The number of benzene rings is 1. The van der Waals surface area contributed by atoms with Crippen LogP contribution in [-0.2, 0) is 14.8 Å². The largest absolute Gasteiger partial charge is 0.344 e. The molecule has 1 atom stereocenters. The van der Waals surface area contributed by atoms with Gasteiger partial charge in [-0.1, -0.05) is 29.5 Å². The first kappa shape index (κ1) is 20.0.